The van der Waals surface area contributed by atoms with Gasteiger partial charge in [-0.25, -0.2) is 4.98 Å². The van der Waals surface area contributed by atoms with E-state index in [-0.39, 0.29) is 11.4 Å². The van der Waals surface area contributed by atoms with Gasteiger partial charge < -0.3 is 5.11 Å². The molecule has 78 valence electrons. The number of nitriles is 1. The molecule has 1 heterocycles. The number of hydrogen-bond acceptors (Lipinski definition) is 3. The van der Waals surface area contributed by atoms with E-state index in [9.17, 15) is 5.11 Å². The molecule has 1 N–H and O–H groups in total. The van der Waals surface area contributed by atoms with Crippen LogP contribution in [0.3, 0.4) is 0 Å². The van der Waals surface area contributed by atoms with E-state index in [0.29, 0.717) is 0 Å². The fourth-order valence-electron chi connectivity index (χ4n) is 1.44. The van der Waals surface area contributed by atoms with Crippen molar-refractivity contribution in [2.24, 2.45) is 0 Å². The van der Waals surface area contributed by atoms with Crippen molar-refractivity contribution in [2.45, 2.75) is 6.92 Å². The molecule has 16 heavy (non-hydrogen) atoms. The van der Waals surface area contributed by atoms with Gasteiger partial charge in [-0.2, -0.15) is 5.26 Å². The number of pyridine rings is 1. The molecular weight excluding hydrogens is 200 g/mol. The highest BCUT2D eigenvalue weighted by atomic mass is 16.3. The van der Waals surface area contributed by atoms with Crippen LogP contribution in [-0.4, -0.2) is 10.1 Å². The van der Waals surface area contributed by atoms with Gasteiger partial charge >= 0.3 is 0 Å². The highest BCUT2D eigenvalue weighted by Gasteiger charge is 2.04. The summed E-state index contributed by atoms with van der Waals surface area (Å²) in [6, 6.07) is 11.3. The summed E-state index contributed by atoms with van der Waals surface area (Å²) in [6.07, 6.45) is 1.59. The van der Waals surface area contributed by atoms with Crippen molar-refractivity contribution >= 4 is 0 Å². The van der Waals surface area contributed by atoms with Crippen molar-refractivity contribution in [3.8, 4) is 22.9 Å². The van der Waals surface area contributed by atoms with Crippen LogP contribution in [-0.2, 0) is 0 Å². The van der Waals surface area contributed by atoms with Crippen molar-refractivity contribution < 1.29 is 5.11 Å². The van der Waals surface area contributed by atoms with Crippen molar-refractivity contribution in [2.75, 3.05) is 0 Å². The number of hydrogen-bond donors (Lipinski definition) is 1. The van der Waals surface area contributed by atoms with Crippen molar-refractivity contribution in [1.82, 2.24) is 4.98 Å². The third-order valence-corrected chi connectivity index (χ3v) is 2.36. The summed E-state index contributed by atoms with van der Waals surface area (Å²) in [5, 5.41) is 18.2. The number of aryl methyl sites for hydroxylation is 1. The van der Waals surface area contributed by atoms with E-state index in [1.165, 1.54) is 5.56 Å². The maximum atomic E-state index is 9.52. The molecule has 0 saturated carbocycles. The molecule has 3 heteroatoms. The summed E-state index contributed by atoms with van der Waals surface area (Å²) in [7, 11) is 0. The maximum Gasteiger partial charge on any atom is 0.182 e. The lowest BCUT2D eigenvalue weighted by molar-refractivity contribution is 0.471. The largest absolute Gasteiger partial charge is 0.505 e. The van der Waals surface area contributed by atoms with Crippen molar-refractivity contribution in [3.63, 3.8) is 0 Å². The summed E-state index contributed by atoms with van der Waals surface area (Å²) in [5.74, 6) is -0.0828. The second-order valence-corrected chi connectivity index (χ2v) is 3.57. The molecule has 0 fully saturated rings. The van der Waals surface area contributed by atoms with Gasteiger partial charge in [0.1, 0.15) is 6.07 Å². The first-order chi connectivity index (χ1) is 7.70. The van der Waals surface area contributed by atoms with E-state index in [1.807, 2.05) is 37.3 Å². The second kappa shape index (κ2) is 4.03. The molecule has 2 rings (SSSR count). The van der Waals surface area contributed by atoms with Crippen LogP contribution in [0.15, 0.2) is 36.5 Å². The monoisotopic (exact) mass is 210 g/mol. The van der Waals surface area contributed by atoms with Gasteiger partial charge in [-0.15, -0.1) is 0 Å². The molecule has 0 aliphatic carbocycles. The number of benzene rings is 1. The zero-order valence-electron chi connectivity index (χ0n) is 8.81. The summed E-state index contributed by atoms with van der Waals surface area (Å²) < 4.78 is 0. The predicted molar refractivity (Wildman–Crippen MR) is 60.8 cm³/mol. The van der Waals surface area contributed by atoms with Gasteiger partial charge in [0.05, 0.1) is 0 Å². The third-order valence-electron chi connectivity index (χ3n) is 2.36. The van der Waals surface area contributed by atoms with Crippen LogP contribution in [0.2, 0.25) is 0 Å². The Morgan fingerprint density at radius 1 is 1.19 bits per heavy atom. The van der Waals surface area contributed by atoms with Crippen LogP contribution < -0.4 is 0 Å². The van der Waals surface area contributed by atoms with Gasteiger partial charge in [0.2, 0.25) is 0 Å². The second-order valence-electron chi connectivity index (χ2n) is 3.57. The topological polar surface area (TPSA) is 56.9 Å². The van der Waals surface area contributed by atoms with Gasteiger partial charge in [0.25, 0.3) is 0 Å². The minimum atomic E-state index is -0.0828. The summed E-state index contributed by atoms with van der Waals surface area (Å²) in [4.78, 5) is 3.88. The number of rotatable bonds is 1. The van der Waals surface area contributed by atoms with E-state index < -0.39 is 0 Å². The van der Waals surface area contributed by atoms with Gasteiger partial charge in [0.15, 0.2) is 11.4 Å². The number of nitrogens with zero attached hydrogens (tertiary/aromatic N) is 2. The molecule has 0 aliphatic rings. The Hall–Kier alpha value is -2.34. The van der Waals surface area contributed by atoms with Crippen LogP contribution in [0.25, 0.3) is 11.1 Å². The van der Waals surface area contributed by atoms with Crippen LogP contribution in [0.1, 0.15) is 11.3 Å². The standard InChI is InChI=1S/C13H10N2O/c1-9-2-4-10(5-3-9)11-6-13(16)12(7-14)15-8-11/h2-6,8,16H,1H3. The highest BCUT2D eigenvalue weighted by Crippen LogP contribution is 2.24. The highest BCUT2D eigenvalue weighted by molar-refractivity contribution is 5.65. The first-order valence-electron chi connectivity index (χ1n) is 4.87. The molecule has 1 aromatic carbocycles. The van der Waals surface area contributed by atoms with Crippen LogP contribution in [0.4, 0.5) is 0 Å². The van der Waals surface area contributed by atoms with Gasteiger partial charge in [-0.1, -0.05) is 29.8 Å². The molecule has 0 amide bonds. The molecule has 0 atom stereocenters. The van der Waals surface area contributed by atoms with Gasteiger partial charge in [-0.05, 0) is 18.6 Å². The Bertz CT molecular complexity index is 553. The zero-order valence-corrected chi connectivity index (χ0v) is 8.81. The quantitative estimate of drug-likeness (QED) is 0.787. The summed E-state index contributed by atoms with van der Waals surface area (Å²) in [5.41, 5.74) is 3.00. The Balaban J connectivity index is 2.46. The van der Waals surface area contributed by atoms with E-state index >= 15 is 0 Å². The van der Waals surface area contributed by atoms with Crippen molar-refractivity contribution in [1.29, 1.82) is 5.26 Å². The molecular formula is C13H10N2O. The molecule has 2 aromatic rings. The molecule has 0 saturated heterocycles. The number of aromatic nitrogens is 1. The average Bonchev–Trinajstić information content (AvgIpc) is 2.30. The SMILES string of the molecule is Cc1ccc(-c2cnc(C#N)c(O)c2)cc1. The Morgan fingerprint density at radius 3 is 2.44 bits per heavy atom. The lowest BCUT2D eigenvalue weighted by Crippen LogP contribution is -1.86. The minimum absolute atomic E-state index is 0.0517. The molecule has 0 unspecified atom stereocenters. The van der Waals surface area contributed by atoms with Crippen LogP contribution >= 0.6 is 0 Å². The molecule has 0 radical (unpaired) electrons. The van der Waals surface area contributed by atoms with Gasteiger partial charge in [0, 0.05) is 11.8 Å². The fourth-order valence-corrected chi connectivity index (χ4v) is 1.44. The smallest absolute Gasteiger partial charge is 0.182 e. The first-order valence-corrected chi connectivity index (χ1v) is 4.87. The lowest BCUT2D eigenvalue weighted by atomic mass is 10.1. The first kappa shape index (κ1) is 10.2. The Labute approximate surface area is 93.6 Å². The van der Waals surface area contributed by atoms with Crippen molar-refractivity contribution in [3.05, 3.63) is 47.8 Å². The van der Waals surface area contributed by atoms with Gasteiger partial charge in [-0.3, -0.25) is 0 Å². The lowest BCUT2D eigenvalue weighted by Gasteiger charge is -2.03. The Morgan fingerprint density at radius 2 is 1.88 bits per heavy atom. The molecule has 0 spiro atoms. The molecule has 3 nitrogen and oxygen atoms in total. The third kappa shape index (κ3) is 1.86. The zero-order chi connectivity index (χ0) is 11.5. The van der Waals surface area contributed by atoms with E-state index in [0.717, 1.165) is 11.1 Å². The molecule has 1 aromatic heterocycles. The van der Waals surface area contributed by atoms with Crippen LogP contribution in [0, 0.1) is 18.3 Å². The van der Waals surface area contributed by atoms with E-state index in [2.05, 4.69) is 4.98 Å². The maximum absolute atomic E-state index is 9.52. The Kier molecular flexibility index (Phi) is 2.57. The average molecular weight is 210 g/mol. The number of aromatic hydroxyl groups is 1. The fraction of sp³-hybridized carbons (Fsp3) is 0.0769. The summed E-state index contributed by atoms with van der Waals surface area (Å²) >= 11 is 0. The molecule has 0 aliphatic heterocycles. The molecule has 0 bridgehead atoms. The minimum Gasteiger partial charge on any atom is -0.505 e. The van der Waals surface area contributed by atoms with E-state index in [1.54, 1.807) is 12.3 Å². The normalized spacial score (nSPS) is 9.75. The predicted octanol–water partition coefficient (Wildman–Crippen LogP) is 2.63. The van der Waals surface area contributed by atoms with E-state index in [4.69, 9.17) is 5.26 Å². The summed E-state index contributed by atoms with van der Waals surface area (Å²) in [6.45, 7) is 2.01. The van der Waals surface area contributed by atoms with Crippen LogP contribution in [0.5, 0.6) is 5.75 Å².